The lowest BCUT2D eigenvalue weighted by Crippen LogP contribution is -3.00. The molecule has 0 fully saturated rings. The Bertz CT molecular complexity index is 775. The summed E-state index contributed by atoms with van der Waals surface area (Å²) in [6.07, 6.45) is 6.46. The third-order valence-corrected chi connectivity index (χ3v) is 3.28. The first-order valence-electron chi connectivity index (χ1n) is 7.79. The van der Waals surface area contributed by atoms with Gasteiger partial charge in [-0.3, -0.25) is 14.6 Å². The Hall–Kier alpha value is -3.27. The van der Waals surface area contributed by atoms with Crippen LogP contribution < -0.4 is 27.6 Å². The molecule has 11 heteroatoms. The number of carbonyl (C=O) groups is 2. The summed E-state index contributed by atoms with van der Waals surface area (Å²) in [4.78, 5) is 41.9. The van der Waals surface area contributed by atoms with Gasteiger partial charge in [-0.15, -0.1) is 10.1 Å². The summed E-state index contributed by atoms with van der Waals surface area (Å²) in [5, 5.41) is 14.4. The van der Waals surface area contributed by atoms with Crippen LogP contribution in [0.15, 0.2) is 49.1 Å². The van der Waals surface area contributed by atoms with E-state index in [0.717, 1.165) is 0 Å². The molecule has 2 heterocycles. The Labute approximate surface area is 161 Å². The van der Waals surface area contributed by atoms with Gasteiger partial charge in [0.25, 0.3) is 16.9 Å². The predicted molar refractivity (Wildman–Crippen MR) is 88.5 cm³/mol. The third-order valence-electron chi connectivity index (χ3n) is 3.28. The lowest BCUT2D eigenvalue weighted by molar-refractivity contribution is -0.757. The number of nitrogens with zero attached hydrogens (tertiary/aromatic N) is 3. The van der Waals surface area contributed by atoms with Crippen molar-refractivity contribution in [3.63, 3.8) is 0 Å². The van der Waals surface area contributed by atoms with E-state index in [1.54, 1.807) is 47.4 Å². The predicted octanol–water partition coefficient (Wildman–Crippen LogP) is -3.26. The van der Waals surface area contributed by atoms with Crippen LogP contribution in [0.3, 0.4) is 0 Å². The molecule has 0 aromatic carbocycles. The van der Waals surface area contributed by atoms with Gasteiger partial charge in [-0.2, -0.15) is 0 Å². The highest BCUT2D eigenvalue weighted by atomic mass is 35.5. The second-order valence-corrected chi connectivity index (χ2v) is 5.14. The molecule has 0 aliphatic rings. The summed E-state index contributed by atoms with van der Waals surface area (Å²) < 4.78 is 1.76. The molecule has 0 saturated carbocycles. The minimum absolute atomic E-state index is 0. The van der Waals surface area contributed by atoms with Crippen molar-refractivity contribution in [2.75, 3.05) is 19.7 Å². The summed E-state index contributed by atoms with van der Waals surface area (Å²) in [5.74, 6) is -0.593. The summed E-state index contributed by atoms with van der Waals surface area (Å²) in [6, 6.07) is 6.67. The normalized spacial score (nSPS) is 9.63. The average Bonchev–Trinajstić information content (AvgIpc) is 2.66. The molecule has 0 aliphatic carbocycles. The van der Waals surface area contributed by atoms with Gasteiger partial charge in [0.15, 0.2) is 18.9 Å². The van der Waals surface area contributed by atoms with Crippen LogP contribution in [0, 0.1) is 10.1 Å². The number of hydrogen-bond acceptors (Lipinski definition) is 6. The second kappa shape index (κ2) is 11.4. The van der Waals surface area contributed by atoms with Crippen molar-refractivity contribution < 1.29 is 36.5 Å². The molecule has 144 valence electrons. The van der Waals surface area contributed by atoms with Crippen molar-refractivity contribution in [2.45, 2.75) is 6.54 Å². The number of halogens is 1. The summed E-state index contributed by atoms with van der Waals surface area (Å²) in [7, 11) is 0. The van der Waals surface area contributed by atoms with Gasteiger partial charge in [0.1, 0.15) is 12.2 Å². The Morgan fingerprint density at radius 1 is 1.15 bits per heavy atom. The van der Waals surface area contributed by atoms with Crippen LogP contribution in [0.2, 0.25) is 0 Å². The van der Waals surface area contributed by atoms with Crippen LogP contribution >= 0.6 is 0 Å². The maximum absolute atomic E-state index is 12.0. The number of nitrogens with one attached hydrogen (secondary N) is 2. The monoisotopic (exact) mass is 395 g/mol. The highest BCUT2D eigenvalue weighted by Crippen LogP contribution is 1.96. The molecule has 2 rings (SSSR count). The Morgan fingerprint density at radius 2 is 1.85 bits per heavy atom. The molecule has 2 aromatic rings. The standard InChI is InChI=1S/C16H17N5O5.ClH/c22-15(13-3-1-5-17-11-13)18-6-9-20-8-2-4-14(12-20)16(23)19-7-10-26-21(24)25;/h1-5,8,11-12H,6-7,9-10H2,(H-,18,19,22,23);1H. The molecule has 0 aliphatic heterocycles. The van der Waals surface area contributed by atoms with E-state index in [9.17, 15) is 19.7 Å². The fraction of sp³-hybridized carbons (Fsp3) is 0.250. The molecular formula is C16H18ClN5O5. The molecule has 2 N–H and O–H groups in total. The molecule has 2 amide bonds. The molecule has 0 saturated heterocycles. The number of carbonyl (C=O) groups excluding carboxylic acids is 2. The van der Waals surface area contributed by atoms with Gasteiger partial charge in [-0.1, -0.05) is 0 Å². The highest BCUT2D eigenvalue weighted by molar-refractivity contribution is 5.94. The van der Waals surface area contributed by atoms with Crippen LogP contribution in [-0.2, 0) is 11.4 Å². The van der Waals surface area contributed by atoms with Crippen molar-refractivity contribution in [3.05, 3.63) is 70.3 Å². The zero-order valence-electron chi connectivity index (χ0n) is 14.2. The maximum atomic E-state index is 12.0. The topological polar surface area (TPSA) is 127 Å². The lowest BCUT2D eigenvalue weighted by Gasteiger charge is -2.05. The van der Waals surface area contributed by atoms with Crippen LogP contribution in [0.4, 0.5) is 0 Å². The van der Waals surface area contributed by atoms with Crippen LogP contribution in [0.25, 0.3) is 0 Å². The molecule has 0 bridgehead atoms. The summed E-state index contributed by atoms with van der Waals surface area (Å²) in [5.41, 5.74) is 0.870. The van der Waals surface area contributed by atoms with Gasteiger partial charge < -0.3 is 27.9 Å². The Balaban J connectivity index is 0.00000364. The van der Waals surface area contributed by atoms with E-state index in [4.69, 9.17) is 0 Å². The van der Waals surface area contributed by atoms with Crippen molar-refractivity contribution in [2.24, 2.45) is 0 Å². The van der Waals surface area contributed by atoms with Gasteiger partial charge in [-0.05, 0) is 18.2 Å². The van der Waals surface area contributed by atoms with Gasteiger partial charge in [0.2, 0.25) is 0 Å². The Morgan fingerprint density at radius 3 is 2.56 bits per heavy atom. The van der Waals surface area contributed by atoms with Crippen molar-refractivity contribution >= 4 is 11.8 Å². The molecule has 2 aromatic heterocycles. The van der Waals surface area contributed by atoms with E-state index in [1.807, 2.05) is 0 Å². The van der Waals surface area contributed by atoms with Crippen LogP contribution in [-0.4, -0.2) is 41.6 Å². The van der Waals surface area contributed by atoms with Gasteiger partial charge in [0.05, 0.1) is 12.1 Å². The molecule has 27 heavy (non-hydrogen) atoms. The first-order valence-corrected chi connectivity index (χ1v) is 7.79. The fourth-order valence-electron chi connectivity index (χ4n) is 2.08. The largest absolute Gasteiger partial charge is 1.00 e. The number of pyridine rings is 2. The van der Waals surface area contributed by atoms with Gasteiger partial charge in [-0.25, -0.2) is 4.57 Å². The van der Waals surface area contributed by atoms with Gasteiger partial charge >= 0.3 is 0 Å². The Kier molecular flexibility index (Phi) is 9.16. The van der Waals surface area contributed by atoms with Crippen molar-refractivity contribution in [1.29, 1.82) is 0 Å². The smallest absolute Gasteiger partial charge is 0.294 e. The quantitative estimate of drug-likeness (QED) is 0.198. The number of rotatable bonds is 9. The molecule has 0 spiro atoms. The zero-order valence-corrected chi connectivity index (χ0v) is 15.0. The molecule has 0 unspecified atom stereocenters. The first kappa shape index (κ1) is 21.8. The second-order valence-electron chi connectivity index (χ2n) is 5.14. The minimum atomic E-state index is -0.914. The van der Waals surface area contributed by atoms with E-state index < -0.39 is 5.09 Å². The number of amides is 2. The van der Waals surface area contributed by atoms with E-state index in [-0.39, 0.29) is 37.4 Å². The highest BCUT2D eigenvalue weighted by Gasteiger charge is 2.11. The first-order chi connectivity index (χ1) is 12.6. The van der Waals surface area contributed by atoms with E-state index >= 15 is 0 Å². The molecule has 10 nitrogen and oxygen atoms in total. The van der Waals surface area contributed by atoms with Gasteiger partial charge in [0, 0.05) is 25.0 Å². The van der Waals surface area contributed by atoms with E-state index in [0.29, 0.717) is 24.2 Å². The lowest BCUT2D eigenvalue weighted by atomic mass is 10.2. The summed E-state index contributed by atoms with van der Waals surface area (Å²) >= 11 is 0. The minimum Gasteiger partial charge on any atom is -1.00 e. The maximum Gasteiger partial charge on any atom is 0.294 e. The SMILES string of the molecule is O=C(NCCO[N+](=O)[O-])c1ccc[n+](CCNC(=O)c2cccnc2)c1.[Cl-]. The molecule has 0 atom stereocenters. The third kappa shape index (κ3) is 7.65. The van der Waals surface area contributed by atoms with Crippen LogP contribution in [0.5, 0.6) is 0 Å². The fourth-order valence-corrected chi connectivity index (χ4v) is 2.08. The summed E-state index contributed by atoms with van der Waals surface area (Å²) in [6.45, 7) is 0.652. The van der Waals surface area contributed by atoms with Crippen molar-refractivity contribution in [3.8, 4) is 0 Å². The van der Waals surface area contributed by atoms with E-state index in [1.165, 1.54) is 6.20 Å². The van der Waals surface area contributed by atoms with Crippen molar-refractivity contribution in [1.82, 2.24) is 15.6 Å². The average molecular weight is 396 g/mol. The van der Waals surface area contributed by atoms with E-state index in [2.05, 4.69) is 20.5 Å². The number of aromatic nitrogens is 2. The molecular weight excluding hydrogens is 378 g/mol. The zero-order chi connectivity index (χ0) is 18.8. The molecule has 0 radical (unpaired) electrons. The van der Waals surface area contributed by atoms with Crippen LogP contribution in [0.1, 0.15) is 20.7 Å². The number of hydrogen-bond donors (Lipinski definition) is 2.